The predicted octanol–water partition coefficient (Wildman–Crippen LogP) is 0.423. The second kappa shape index (κ2) is 15.6. The summed E-state index contributed by atoms with van der Waals surface area (Å²) in [6.07, 6.45) is 0.861. The SMILES string of the molecule is COCO.COCOSOC(C)CCC(N)=O. The fourth-order valence-corrected chi connectivity index (χ4v) is 0.978. The molecule has 0 aliphatic carbocycles. The van der Waals surface area contributed by atoms with Crippen molar-refractivity contribution in [1.82, 2.24) is 0 Å². The number of aliphatic hydroxyl groups is 1. The molecular formula is C9H21NO6S. The molecule has 0 aromatic rings. The zero-order chi connectivity index (χ0) is 13.5. The summed E-state index contributed by atoms with van der Waals surface area (Å²) in [5.41, 5.74) is 4.96. The number of hydrogen-bond donors (Lipinski definition) is 2. The number of methoxy groups -OCH3 is 2. The van der Waals surface area contributed by atoms with E-state index in [-0.39, 0.29) is 25.6 Å². The molecule has 1 amide bonds. The van der Waals surface area contributed by atoms with Crippen LogP contribution in [0.15, 0.2) is 0 Å². The number of primary amides is 1. The fraction of sp³-hybridized carbons (Fsp3) is 0.889. The zero-order valence-electron chi connectivity index (χ0n) is 10.4. The highest BCUT2D eigenvalue weighted by Gasteiger charge is 2.05. The Labute approximate surface area is 106 Å². The van der Waals surface area contributed by atoms with Gasteiger partial charge >= 0.3 is 0 Å². The molecule has 0 radical (unpaired) electrons. The maximum Gasteiger partial charge on any atom is 0.217 e. The van der Waals surface area contributed by atoms with Crippen LogP contribution in [0.3, 0.4) is 0 Å². The van der Waals surface area contributed by atoms with E-state index in [1.165, 1.54) is 14.2 Å². The summed E-state index contributed by atoms with van der Waals surface area (Å²) in [5, 5.41) is 7.65. The van der Waals surface area contributed by atoms with Gasteiger partial charge in [-0.2, -0.15) is 0 Å². The van der Waals surface area contributed by atoms with Gasteiger partial charge in [0.05, 0.1) is 6.10 Å². The van der Waals surface area contributed by atoms with Crippen molar-refractivity contribution in [2.45, 2.75) is 25.9 Å². The van der Waals surface area contributed by atoms with Gasteiger partial charge in [-0.3, -0.25) is 13.2 Å². The molecule has 0 aromatic carbocycles. The molecule has 0 saturated heterocycles. The fourth-order valence-electron chi connectivity index (χ4n) is 0.556. The second-order valence-electron chi connectivity index (χ2n) is 2.92. The standard InChI is InChI=1S/C7H15NO4S.C2H6O2/c1-6(3-4-7(8)9)12-13-11-5-10-2;1-4-2-3/h6H,3-5H2,1-2H3,(H2,8,9);3H,2H2,1H3. The minimum absolute atomic E-state index is 0.0608. The Balaban J connectivity index is 0. The van der Waals surface area contributed by atoms with Crippen LogP contribution in [0.25, 0.3) is 0 Å². The Hall–Kier alpha value is -0.380. The molecule has 0 fully saturated rings. The van der Waals surface area contributed by atoms with Crippen LogP contribution in [0.1, 0.15) is 19.8 Å². The quantitative estimate of drug-likeness (QED) is 0.356. The average Bonchev–Trinajstić information content (AvgIpc) is 2.32. The van der Waals surface area contributed by atoms with Crippen LogP contribution in [-0.4, -0.2) is 44.9 Å². The smallest absolute Gasteiger partial charge is 0.217 e. The summed E-state index contributed by atoms with van der Waals surface area (Å²) in [7, 11) is 2.96. The monoisotopic (exact) mass is 271 g/mol. The Bertz CT molecular complexity index is 170. The average molecular weight is 271 g/mol. The molecule has 3 N–H and O–H groups in total. The zero-order valence-corrected chi connectivity index (χ0v) is 11.2. The van der Waals surface area contributed by atoms with Gasteiger partial charge in [0.15, 0.2) is 19.1 Å². The van der Waals surface area contributed by atoms with Gasteiger partial charge in [-0.25, -0.2) is 0 Å². The third kappa shape index (κ3) is 21.5. The lowest BCUT2D eigenvalue weighted by Gasteiger charge is -2.09. The number of hydrogen-bond acceptors (Lipinski definition) is 7. The summed E-state index contributed by atoms with van der Waals surface area (Å²) in [6, 6.07) is 0. The Morgan fingerprint density at radius 1 is 1.41 bits per heavy atom. The first-order valence-corrected chi connectivity index (χ1v) is 5.57. The van der Waals surface area contributed by atoms with Crippen LogP contribution in [0.5, 0.6) is 0 Å². The molecule has 0 aliphatic heterocycles. The van der Waals surface area contributed by atoms with Gasteiger partial charge in [0, 0.05) is 20.6 Å². The van der Waals surface area contributed by atoms with E-state index in [1.807, 2.05) is 6.92 Å². The number of ether oxygens (including phenoxy) is 2. The molecule has 104 valence electrons. The molecule has 7 nitrogen and oxygen atoms in total. The van der Waals surface area contributed by atoms with Crippen molar-refractivity contribution in [3.8, 4) is 0 Å². The molecule has 0 aliphatic rings. The van der Waals surface area contributed by atoms with Crippen molar-refractivity contribution < 1.29 is 27.7 Å². The molecule has 8 heteroatoms. The molecular weight excluding hydrogens is 250 g/mol. The van der Waals surface area contributed by atoms with Crippen LogP contribution < -0.4 is 5.73 Å². The molecule has 1 atom stereocenters. The number of rotatable bonds is 9. The number of carbonyl (C=O) groups excluding carboxylic acids is 1. The molecule has 0 saturated carbocycles. The van der Waals surface area contributed by atoms with E-state index in [0.29, 0.717) is 12.8 Å². The summed E-state index contributed by atoms with van der Waals surface area (Å²) in [5.74, 6) is -0.321. The first kappa shape index (κ1) is 19.0. The third-order valence-corrected chi connectivity index (χ3v) is 1.94. The minimum Gasteiger partial charge on any atom is -0.371 e. The largest absolute Gasteiger partial charge is 0.371 e. The third-order valence-electron chi connectivity index (χ3n) is 1.34. The van der Waals surface area contributed by atoms with Gasteiger partial charge < -0.3 is 20.3 Å². The normalized spacial score (nSPS) is 11.5. The highest BCUT2D eigenvalue weighted by atomic mass is 32.2. The van der Waals surface area contributed by atoms with Crippen molar-refractivity contribution >= 4 is 18.2 Å². The number of nitrogens with two attached hydrogens (primary N) is 1. The summed E-state index contributed by atoms with van der Waals surface area (Å²) < 4.78 is 18.6. The molecule has 0 spiro atoms. The molecule has 0 heterocycles. The predicted molar refractivity (Wildman–Crippen MR) is 63.6 cm³/mol. The van der Waals surface area contributed by atoms with Crippen molar-refractivity contribution in [1.29, 1.82) is 0 Å². The van der Waals surface area contributed by atoms with Gasteiger partial charge in [-0.05, 0) is 13.3 Å². The van der Waals surface area contributed by atoms with E-state index in [9.17, 15) is 4.79 Å². The van der Waals surface area contributed by atoms with Crippen molar-refractivity contribution in [2.75, 3.05) is 27.8 Å². The van der Waals surface area contributed by atoms with Crippen LogP contribution in [0, 0.1) is 0 Å². The second-order valence-corrected chi connectivity index (χ2v) is 3.49. The topological polar surface area (TPSA) is 100 Å². The van der Waals surface area contributed by atoms with Crippen LogP contribution in [0.2, 0.25) is 0 Å². The number of amides is 1. The van der Waals surface area contributed by atoms with E-state index in [1.54, 1.807) is 0 Å². The van der Waals surface area contributed by atoms with Gasteiger partial charge in [-0.15, -0.1) is 0 Å². The van der Waals surface area contributed by atoms with Gasteiger partial charge in [0.1, 0.15) is 6.79 Å². The lowest BCUT2D eigenvalue weighted by Crippen LogP contribution is -2.14. The number of carbonyl (C=O) groups is 1. The molecule has 17 heavy (non-hydrogen) atoms. The van der Waals surface area contributed by atoms with Crippen molar-refractivity contribution in [3.05, 3.63) is 0 Å². The summed E-state index contributed by atoms with van der Waals surface area (Å²) in [6.45, 7) is 1.83. The Morgan fingerprint density at radius 3 is 2.41 bits per heavy atom. The van der Waals surface area contributed by atoms with Gasteiger partial charge in [0.2, 0.25) is 5.91 Å². The van der Waals surface area contributed by atoms with Crippen LogP contribution in [-0.2, 0) is 22.6 Å². The molecule has 0 aromatic heterocycles. The molecule has 1 unspecified atom stereocenters. The molecule has 0 bridgehead atoms. The Kier molecular flexibility index (Phi) is 17.4. The Morgan fingerprint density at radius 2 is 2.00 bits per heavy atom. The van der Waals surface area contributed by atoms with E-state index < -0.39 is 0 Å². The van der Waals surface area contributed by atoms with Gasteiger partial charge in [0.25, 0.3) is 0 Å². The van der Waals surface area contributed by atoms with Crippen LogP contribution >= 0.6 is 12.3 Å². The number of aliphatic hydroxyl groups excluding tert-OH is 1. The van der Waals surface area contributed by atoms with E-state index in [4.69, 9.17) is 19.2 Å². The van der Waals surface area contributed by atoms with Crippen molar-refractivity contribution in [2.24, 2.45) is 5.73 Å². The molecule has 0 rings (SSSR count). The first-order chi connectivity index (χ1) is 8.08. The summed E-state index contributed by atoms with van der Waals surface area (Å²) in [4.78, 5) is 10.4. The first-order valence-electron chi connectivity index (χ1n) is 4.90. The van der Waals surface area contributed by atoms with Crippen LogP contribution in [0.4, 0.5) is 0 Å². The highest BCUT2D eigenvalue weighted by Crippen LogP contribution is 2.12. The van der Waals surface area contributed by atoms with E-state index in [2.05, 4.69) is 9.47 Å². The van der Waals surface area contributed by atoms with Crippen molar-refractivity contribution in [3.63, 3.8) is 0 Å². The highest BCUT2D eigenvalue weighted by molar-refractivity contribution is 7.89. The lowest BCUT2D eigenvalue weighted by molar-refractivity contribution is -0.118. The maximum atomic E-state index is 10.4. The maximum absolute atomic E-state index is 10.4. The summed E-state index contributed by atoms with van der Waals surface area (Å²) >= 11 is 0.860. The lowest BCUT2D eigenvalue weighted by atomic mass is 10.2. The van der Waals surface area contributed by atoms with E-state index in [0.717, 1.165) is 12.3 Å². The van der Waals surface area contributed by atoms with Gasteiger partial charge in [-0.1, -0.05) is 0 Å². The minimum atomic E-state index is -0.321. The van der Waals surface area contributed by atoms with E-state index >= 15 is 0 Å².